The molecule has 1 amide bonds. The quantitative estimate of drug-likeness (QED) is 0.625. The lowest BCUT2D eigenvalue weighted by atomic mass is 9.90. The van der Waals surface area contributed by atoms with Gasteiger partial charge in [0.05, 0.1) is 17.5 Å². The highest BCUT2D eigenvalue weighted by Crippen LogP contribution is 2.47. The Hall–Kier alpha value is -2.35. The minimum absolute atomic E-state index is 0.123. The molecule has 2 aromatic heterocycles. The predicted octanol–water partition coefficient (Wildman–Crippen LogP) is 3.65. The van der Waals surface area contributed by atoms with Gasteiger partial charge in [0.1, 0.15) is 11.5 Å². The average molecular weight is 475 g/mol. The second-order valence-corrected chi connectivity index (χ2v) is 10.1. The summed E-state index contributed by atoms with van der Waals surface area (Å²) >= 11 is 12.4. The van der Waals surface area contributed by atoms with Crippen LogP contribution in [0, 0.1) is 5.41 Å². The normalized spacial score (nSPS) is 19.3. The lowest BCUT2D eigenvalue weighted by Gasteiger charge is -2.39. The van der Waals surface area contributed by atoms with E-state index < -0.39 is 5.60 Å². The van der Waals surface area contributed by atoms with Crippen molar-refractivity contribution in [3.8, 4) is 5.69 Å². The van der Waals surface area contributed by atoms with E-state index in [0.717, 1.165) is 18.5 Å². The molecule has 1 aliphatic carbocycles. The van der Waals surface area contributed by atoms with Gasteiger partial charge >= 0.3 is 0 Å². The van der Waals surface area contributed by atoms with Gasteiger partial charge in [0.2, 0.25) is 5.91 Å². The number of hydrogen-bond donors (Lipinski definition) is 1. The molecule has 0 bridgehead atoms. The van der Waals surface area contributed by atoms with Crippen LogP contribution in [0.3, 0.4) is 0 Å². The van der Waals surface area contributed by atoms with Gasteiger partial charge in [-0.3, -0.25) is 18.7 Å². The van der Waals surface area contributed by atoms with E-state index >= 15 is 0 Å². The van der Waals surface area contributed by atoms with Crippen LogP contribution in [0.15, 0.2) is 41.5 Å². The van der Waals surface area contributed by atoms with Gasteiger partial charge in [-0.05, 0) is 56.0 Å². The van der Waals surface area contributed by atoms with Crippen molar-refractivity contribution in [2.24, 2.45) is 5.41 Å². The van der Waals surface area contributed by atoms with Crippen molar-refractivity contribution in [1.29, 1.82) is 0 Å². The third kappa shape index (κ3) is 3.72. The van der Waals surface area contributed by atoms with Crippen LogP contribution in [0.25, 0.3) is 16.7 Å². The summed E-state index contributed by atoms with van der Waals surface area (Å²) in [6.07, 6.45) is 4.17. The summed E-state index contributed by atoms with van der Waals surface area (Å²) in [5.41, 5.74) is -0.342. The summed E-state index contributed by atoms with van der Waals surface area (Å²) in [5.74, 6) is 0.179. The monoisotopic (exact) mass is 474 g/mol. The molecule has 2 fully saturated rings. The molecule has 5 rings (SSSR count). The van der Waals surface area contributed by atoms with E-state index in [9.17, 15) is 14.7 Å². The number of hydrogen-bond acceptors (Lipinski definition) is 4. The number of aliphatic hydroxyl groups is 1. The van der Waals surface area contributed by atoms with Crippen molar-refractivity contribution in [3.63, 3.8) is 0 Å². The van der Waals surface area contributed by atoms with Crippen molar-refractivity contribution in [3.05, 3.63) is 57.2 Å². The first kappa shape index (κ1) is 21.5. The Balaban J connectivity index is 1.38. The number of fused-ring (bicyclic) bond motifs is 1. The molecule has 3 heterocycles. The number of halogens is 2. The highest BCUT2D eigenvalue weighted by atomic mass is 35.5. The molecule has 3 aromatic rings. The predicted molar refractivity (Wildman–Crippen MR) is 123 cm³/mol. The first-order valence-electron chi connectivity index (χ1n) is 10.7. The molecule has 2 aliphatic rings. The average Bonchev–Trinajstić information content (AvgIpc) is 3.43. The maximum atomic E-state index is 13.2. The molecule has 0 atom stereocenters. The molecule has 7 nitrogen and oxygen atoms in total. The maximum absolute atomic E-state index is 13.2. The van der Waals surface area contributed by atoms with Crippen LogP contribution in [-0.4, -0.2) is 48.7 Å². The van der Waals surface area contributed by atoms with Crippen molar-refractivity contribution >= 4 is 40.1 Å². The highest BCUT2D eigenvalue weighted by Gasteiger charge is 2.48. The molecule has 9 heteroatoms. The summed E-state index contributed by atoms with van der Waals surface area (Å²) in [4.78, 5) is 32.1. The first-order valence-corrected chi connectivity index (χ1v) is 11.5. The third-order valence-electron chi connectivity index (χ3n) is 6.79. The number of rotatable bonds is 4. The van der Waals surface area contributed by atoms with Gasteiger partial charge in [-0.15, -0.1) is 0 Å². The molecule has 32 heavy (non-hydrogen) atoms. The Labute approximate surface area is 195 Å². The molecule has 0 unspecified atom stereocenters. The van der Waals surface area contributed by atoms with E-state index in [1.807, 2.05) is 11.8 Å². The summed E-state index contributed by atoms with van der Waals surface area (Å²) in [6, 6.07) is 8.70. The Bertz CT molecular complexity index is 1250. The van der Waals surface area contributed by atoms with E-state index in [-0.39, 0.29) is 23.4 Å². The van der Waals surface area contributed by atoms with E-state index in [1.165, 1.54) is 10.9 Å². The highest BCUT2D eigenvalue weighted by molar-refractivity contribution is 6.31. The first-order chi connectivity index (χ1) is 15.2. The largest absolute Gasteiger partial charge is 0.388 e. The number of carbonyl (C=O) groups is 1. The van der Waals surface area contributed by atoms with Gasteiger partial charge in [0.25, 0.3) is 5.56 Å². The molecule has 168 valence electrons. The molecule has 1 saturated carbocycles. The summed E-state index contributed by atoms with van der Waals surface area (Å²) in [5, 5.41) is 12.5. The van der Waals surface area contributed by atoms with Crippen molar-refractivity contribution < 1.29 is 9.90 Å². The van der Waals surface area contributed by atoms with Gasteiger partial charge in [0.15, 0.2) is 5.65 Å². The number of piperidine rings is 1. The zero-order valence-corrected chi connectivity index (χ0v) is 19.2. The van der Waals surface area contributed by atoms with Gasteiger partial charge in [-0.25, -0.2) is 4.98 Å². The minimum Gasteiger partial charge on any atom is -0.388 e. The van der Waals surface area contributed by atoms with E-state index in [0.29, 0.717) is 47.1 Å². The molecular formula is C23H24Cl2N4O3. The fraction of sp³-hybridized carbons (Fsp3) is 0.435. The molecule has 1 aromatic carbocycles. The van der Waals surface area contributed by atoms with Gasteiger partial charge in [0, 0.05) is 29.2 Å². The van der Waals surface area contributed by atoms with Crippen LogP contribution in [0.1, 0.15) is 32.6 Å². The van der Waals surface area contributed by atoms with E-state index in [2.05, 4.69) is 4.98 Å². The zero-order valence-electron chi connectivity index (χ0n) is 17.7. The van der Waals surface area contributed by atoms with Crippen LogP contribution >= 0.6 is 23.2 Å². The van der Waals surface area contributed by atoms with Gasteiger partial charge < -0.3 is 10.0 Å². The molecule has 1 aliphatic heterocycles. The zero-order chi connectivity index (χ0) is 22.7. The maximum Gasteiger partial charge on any atom is 0.262 e. The minimum atomic E-state index is -1.07. The Kier molecular flexibility index (Phi) is 5.11. The topological polar surface area (TPSA) is 80.4 Å². The molecule has 0 radical (unpaired) electrons. The Morgan fingerprint density at radius 2 is 1.78 bits per heavy atom. The van der Waals surface area contributed by atoms with Gasteiger partial charge in [-0.1, -0.05) is 30.1 Å². The Morgan fingerprint density at radius 1 is 1.12 bits per heavy atom. The van der Waals surface area contributed by atoms with Crippen LogP contribution in [-0.2, 0) is 11.3 Å². The number of likely N-dealkylation sites (tertiary alicyclic amines) is 1. The summed E-state index contributed by atoms with van der Waals surface area (Å²) in [6.45, 7) is 3.11. The molecule has 1 saturated heterocycles. The lowest BCUT2D eigenvalue weighted by molar-refractivity contribution is -0.141. The summed E-state index contributed by atoms with van der Waals surface area (Å²) in [7, 11) is 0. The van der Waals surface area contributed by atoms with Crippen LogP contribution in [0.5, 0.6) is 0 Å². The van der Waals surface area contributed by atoms with Crippen molar-refractivity contribution in [2.75, 3.05) is 13.1 Å². The van der Waals surface area contributed by atoms with Crippen LogP contribution in [0.4, 0.5) is 0 Å². The van der Waals surface area contributed by atoms with Crippen molar-refractivity contribution in [2.45, 2.75) is 44.8 Å². The standard InChI is InChI=1S/C23H24Cl2N4O3/c1-22(6-7-22)21(31)27-10-8-23(32,9-11-27)13-28-14-26-19-17(20(28)30)12-18(25)29(19)16-4-2-15(24)3-5-16/h2-5,12,14,32H,6-11,13H2,1H3. The smallest absolute Gasteiger partial charge is 0.262 e. The lowest BCUT2D eigenvalue weighted by Crippen LogP contribution is -2.51. The fourth-order valence-electron chi connectivity index (χ4n) is 4.42. The van der Waals surface area contributed by atoms with Gasteiger partial charge in [-0.2, -0.15) is 0 Å². The molecule has 0 spiro atoms. The number of amides is 1. The van der Waals surface area contributed by atoms with E-state index in [4.69, 9.17) is 23.2 Å². The molecule has 1 N–H and O–H groups in total. The number of benzene rings is 1. The van der Waals surface area contributed by atoms with Crippen LogP contribution < -0.4 is 5.56 Å². The number of aromatic nitrogens is 3. The SMILES string of the molecule is CC1(C(=O)N2CCC(O)(Cn3cnc4c(cc(Cl)n4-c4ccc(Cl)cc4)c3=O)CC2)CC1. The summed E-state index contributed by atoms with van der Waals surface area (Å²) < 4.78 is 3.13. The van der Waals surface area contributed by atoms with Crippen molar-refractivity contribution in [1.82, 2.24) is 19.0 Å². The van der Waals surface area contributed by atoms with E-state index in [1.54, 1.807) is 34.9 Å². The second-order valence-electron chi connectivity index (χ2n) is 9.27. The number of nitrogens with zero attached hydrogens (tertiary/aromatic N) is 4. The second kappa shape index (κ2) is 7.61. The molecular weight excluding hydrogens is 451 g/mol. The third-order valence-corrected chi connectivity index (χ3v) is 7.32. The Morgan fingerprint density at radius 3 is 2.41 bits per heavy atom. The fourth-order valence-corrected chi connectivity index (χ4v) is 4.83. The number of carbonyl (C=O) groups excluding carboxylic acids is 1. The van der Waals surface area contributed by atoms with Crippen LogP contribution in [0.2, 0.25) is 10.2 Å².